The maximum absolute atomic E-state index is 12.0. The van der Waals surface area contributed by atoms with Gasteiger partial charge in [0.25, 0.3) is 0 Å². The molecule has 0 aliphatic rings. The Morgan fingerprint density at radius 3 is 1.22 bits per heavy atom. The van der Waals surface area contributed by atoms with Crippen LogP contribution in [0.25, 0.3) is 0 Å². The van der Waals surface area contributed by atoms with Crippen LogP contribution in [0.4, 0.5) is 0 Å². The number of carbonyl (C=O) groups is 1. The molecule has 1 aromatic carbocycles. The van der Waals surface area contributed by atoms with Crippen molar-refractivity contribution < 1.29 is 15.0 Å². The quantitative estimate of drug-likeness (QED) is 0.140. The van der Waals surface area contributed by atoms with Crippen LogP contribution in [0, 0.1) is 0 Å². The van der Waals surface area contributed by atoms with Gasteiger partial charge in [0.2, 0.25) is 0 Å². The Morgan fingerprint density at radius 1 is 0.556 bits per heavy atom. The van der Waals surface area contributed by atoms with Gasteiger partial charge in [-0.15, -0.1) is 5.75 Å². The Kier molecular flexibility index (Phi) is 20.4. The second kappa shape index (κ2) is 23.1. The number of carboxylic acids is 1. The van der Waals surface area contributed by atoms with E-state index in [9.17, 15) is 9.90 Å². The largest absolute Gasteiger partial charge is 0.872 e. The van der Waals surface area contributed by atoms with E-state index in [1.54, 1.807) is 0 Å². The molecule has 0 fully saturated rings. The maximum Gasteiger partial charge on any atom is 0.335 e. The van der Waals surface area contributed by atoms with Crippen molar-refractivity contribution >= 4 is 5.97 Å². The fourth-order valence-corrected chi connectivity index (χ4v) is 5.09. The summed E-state index contributed by atoms with van der Waals surface area (Å²) in [5, 5.41) is 21.2. The van der Waals surface area contributed by atoms with E-state index >= 15 is 0 Å². The van der Waals surface area contributed by atoms with Gasteiger partial charge in [0.05, 0.1) is 5.56 Å². The van der Waals surface area contributed by atoms with Gasteiger partial charge < -0.3 is 10.2 Å². The van der Waals surface area contributed by atoms with Crippen LogP contribution in [0.3, 0.4) is 0 Å². The minimum atomic E-state index is -1.00. The Morgan fingerprint density at radius 2 is 0.889 bits per heavy atom. The number of benzene rings is 1. The van der Waals surface area contributed by atoms with Crippen molar-refractivity contribution in [2.45, 2.75) is 139 Å². The Bertz CT molecular complexity index is 1270. The molecular weight excluding hydrogens is 552 g/mol. The van der Waals surface area contributed by atoms with Gasteiger partial charge >= 0.3 is 5.97 Å². The summed E-state index contributed by atoms with van der Waals surface area (Å²) >= 11 is 0. The zero-order valence-corrected chi connectivity index (χ0v) is 29.7. The van der Waals surface area contributed by atoms with Crippen LogP contribution < -0.4 is 5.11 Å². The van der Waals surface area contributed by atoms with Gasteiger partial charge in [0.1, 0.15) is 0 Å². The van der Waals surface area contributed by atoms with E-state index in [0.717, 1.165) is 70.6 Å². The zero-order valence-electron chi connectivity index (χ0n) is 29.7. The first-order chi connectivity index (χ1) is 21.4. The first-order valence-corrected chi connectivity index (χ1v) is 17.0. The first-order valence-electron chi connectivity index (χ1n) is 17.0. The minimum Gasteiger partial charge on any atom is -0.872 e. The molecule has 0 atom stereocenters. The lowest BCUT2D eigenvalue weighted by Gasteiger charge is -2.13. The van der Waals surface area contributed by atoms with Gasteiger partial charge in [-0.2, -0.15) is 0 Å². The number of carboxylic acid groups (broad SMARTS) is 1. The van der Waals surface area contributed by atoms with E-state index in [2.05, 4.69) is 91.8 Å². The number of hydrogen-bond donors (Lipinski definition) is 1. The molecule has 248 valence electrons. The fourth-order valence-electron chi connectivity index (χ4n) is 5.09. The lowest BCUT2D eigenvalue weighted by atomic mass is 10.0. The highest BCUT2D eigenvalue weighted by Crippen LogP contribution is 2.19. The lowest BCUT2D eigenvalue weighted by Crippen LogP contribution is -2.01. The molecule has 0 radical (unpaired) electrons. The van der Waals surface area contributed by atoms with Crippen LogP contribution in [0.2, 0.25) is 0 Å². The van der Waals surface area contributed by atoms with Crippen LogP contribution in [0.5, 0.6) is 5.75 Å². The second-order valence-electron chi connectivity index (χ2n) is 13.1. The molecule has 0 saturated carbocycles. The highest BCUT2D eigenvalue weighted by molar-refractivity contribution is 5.88. The summed E-state index contributed by atoms with van der Waals surface area (Å²) in [6.45, 7) is 17.7. The van der Waals surface area contributed by atoms with E-state index in [0.29, 0.717) is 12.0 Å². The van der Waals surface area contributed by atoms with Crippen molar-refractivity contribution in [3.8, 4) is 5.75 Å². The van der Waals surface area contributed by atoms with E-state index < -0.39 is 5.97 Å². The normalized spacial score (nSPS) is 13.8. The highest BCUT2D eigenvalue weighted by Gasteiger charge is 2.04. The average Bonchev–Trinajstić information content (AvgIpc) is 2.96. The number of allylic oxidation sites excluding steroid dienone is 14. The van der Waals surface area contributed by atoms with Gasteiger partial charge in [0.15, 0.2) is 0 Å². The van der Waals surface area contributed by atoms with E-state index in [-0.39, 0.29) is 11.3 Å². The summed E-state index contributed by atoms with van der Waals surface area (Å²) in [7, 11) is 0. The van der Waals surface area contributed by atoms with Crippen LogP contribution in [0.1, 0.15) is 148 Å². The summed E-state index contributed by atoms with van der Waals surface area (Å²) in [6.07, 6.45) is 30.0. The van der Waals surface area contributed by atoms with E-state index in [1.807, 2.05) is 6.08 Å². The molecule has 3 nitrogen and oxygen atoms in total. The summed E-state index contributed by atoms with van der Waals surface area (Å²) in [6, 6.07) is 4.20. The molecule has 0 spiro atoms. The van der Waals surface area contributed by atoms with E-state index in [1.165, 1.54) is 63.6 Å². The third kappa shape index (κ3) is 20.3. The van der Waals surface area contributed by atoms with Crippen molar-refractivity contribution in [3.05, 3.63) is 111 Å². The third-order valence-electron chi connectivity index (χ3n) is 8.23. The number of aromatic carboxylic acids is 1. The fraction of sp³-hybridized carbons (Fsp3) is 0.500. The summed E-state index contributed by atoms with van der Waals surface area (Å²) in [5.74, 6) is -1.11. The molecule has 0 amide bonds. The van der Waals surface area contributed by atoms with Crippen molar-refractivity contribution in [1.82, 2.24) is 0 Å². The molecule has 1 N–H and O–H groups in total. The molecule has 1 rings (SSSR count). The molecule has 0 heterocycles. The lowest BCUT2D eigenvalue weighted by molar-refractivity contribution is -0.269. The van der Waals surface area contributed by atoms with E-state index in [4.69, 9.17) is 5.11 Å². The molecule has 0 bridgehead atoms. The van der Waals surface area contributed by atoms with Crippen molar-refractivity contribution in [2.24, 2.45) is 0 Å². The molecule has 0 aromatic heterocycles. The average molecular weight is 614 g/mol. The molecule has 0 unspecified atom stereocenters. The van der Waals surface area contributed by atoms with Gasteiger partial charge in [-0.05, 0) is 151 Å². The standard InChI is InChI=1S/C42H62O3/c1-32(2)15-9-16-33(3)17-10-18-34(4)19-11-20-35(5)21-12-22-36(6)23-13-24-37(7)25-14-26-38(8)27-28-39-31-40(42(44)45)29-30-41(39)43/h15,17,19,21,23,25,27,29-31,43H,9-14,16,18,20,22,24,26,28H2,1-8H3,(H,44,45)/p-1/b33-17+,34-19+,35-21+,36-23+,37-25+,38-27+. The predicted molar refractivity (Wildman–Crippen MR) is 194 cm³/mol. The molecule has 1 aromatic rings. The van der Waals surface area contributed by atoms with Crippen LogP contribution >= 0.6 is 0 Å². The summed E-state index contributed by atoms with van der Waals surface area (Å²) < 4.78 is 0. The van der Waals surface area contributed by atoms with Gasteiger partial charge in [-0.25, -0.2) is 4.79 Å². The third-order valence-corrected chi connectivity index (χ3v) is 8.23. The Balaban J connectivity index is 2.30. The van der Waals surface area contributed by atoms with Gasteiger partial charge in [-0.3, -0.25) is 0 Å². The first kappa shape index (κ1) is 39.7. The van der Waals surface area contributed by atoms with Crippen molar-refractivity contribution in [2.75, 3.05) is 0 Å². The second-order valence-corrected chi connectivity index (χ2v) is 13.1. The molecular formula is C42H61O3-. The summed E-state index contributed by atoms with van der Waals surface area (Å²) in [4.78, 5) is 11.2. The summed E-state index contributed by atoms with van der Waals surface area (Å²) in [5.41, 5.74) is 10.7. The Hall–Kier alpha value is -3.33. The minimum absolute atomic E-state index is 0.108. The number of rotatable bonds is 21. The monoisotopic (exact) mass is 613 g/mol. The van der Waals surface area contributed by atoms with Gasteiger partial charge in [-0.1, -0.05) is 93.2 Å². The molecule has 0 aliphatic carbocycles. The molecule has 0 saturated heterocycles. The molecule has 3 heteroatoms. The predicted octanol–water partition coefficient (Wildman–Crippen LogP) is 12.3. The zero-order chi connectivity index (χ0) is 33.6. The topological polar surface area (TPSA) is 60.4 Å². The smallest absolute Gasteiger partial charge is 0.335 e. The molecule has 0 aliphatic heterocycles. The Labute approximate surface area is 275 Å². The van der Waals surface area contributed by atoms with Crippen molar-refractivity contribution in [1.29, 1.82) is 0 Å². The maximum atomic E-state index is 12.0. The van der Waals surface area contributed by atoms with Gasteiger partial charge in [0, 0.05) is 0 Å². The van der Waals surface area contributed by atoms with Crippen molar-refractivity contribution in [3.63, 3.8) is 0 Å². The highest BCUT2D eigenvalue weighted by atomic mass is 16.4. The SMILES string of the molecule is CC(C)=CCC/C(C)=C/CC/C(C)=C/CC/C(C)=C/CC/C(C)=C/CC/C(C)=C/CC/C(C)=C/Cc1cc(C(=O)O)ccc1[O-]. The molecule has 45 heavy (non-hydrogen) atoms. The van der Waals surface area contributed by atoms with Crippen LogP contribution in [0.15, 0.2) is 99.7 Å². The van der Waals surface area contributed by atoms with Crippen LogP contribution in [-0.4, -0.2) is 11.1 Å². The number of hydrogen-bond acceptors (Lipinski definition) is 2. The van der Waals surface area contributed by atoms with Crippen LogP contribution in [-0.2, 0) is 6.42 Å².